The van der Waals surface area contributed by atoms with E-state index >= 15 is 0 Å². The predicted molar refractivity (Wildman–Crippen MR) is 77.2 cm³/mol. The summed E-state index contributed by atoms with van der Waals surface area (Å²) in [5.41, 5.74) is 6.40. The van der Waals surface area contributed by atoms with Crippen molar-refractivity contribution in [2.45, 2.75) is 56.7 Å². The van der Waals surface area contributed by atoms with Gasteiger partial charge in [0.2, 0.25) is 0 Å². The zero-order chi connectivity index (χ0) is 13.3. The summed E-state index contributed by atoms with van der Waals surface area (Å²) in [6.45, 7) is 8.83. The Balaban J connectivity index is 1.69. The van der Waals surface area contributed by atoms with Crippen LogP contribution >= 0.6 is 0 Å². The van der Waals surface area contributed by atoms with Gasteiger partial charge in [0, 0.05) is 44.4 Å². The Labute approximate surface area is 117 Å². The van der Waals surface area contributed by atoms with Crippen molar-refractivity contribution >= 4 is 0 Å². The third kappa shape index (κ3) is 2.68. The van der Waals surface area contributed by atoms with Crippen LogP contribution in [-0.2, 0) is 4.74 Å². The quantitative estimate of drug-likeness (QED) is 0.812. The van der Waals surface area contributed by atoms with E-state index in [1.54, 1.807) is 0 Å². The van der Waals surface area contributed by atoms with Crippen molar-refractivity contribution in [3.05, 3.63) is 0 Å². The van der Waals surface area contributed by atoms with Crippen LogP contribution in [0.5, 0.6) is 0 Å². The summed E-state index contributed by atoms with van der Waals surface area (Å²) < 4.78 is 5.74. The van der Waals surface area contributed by atoms with Crippen LogP contribution in [0.25, 0.3) is 0 Å². The van der Waals surface area contributed by atoms with Crippen LogP contribution in [0.2, 0.25) is 0 Å². The van der Waals surface area contributed by atoms with Crippen molar-refractivity contribution in [3.8, 4) is 0 Å². The SMILES string of the molecule is CC1CC(CN)(N2CCN3CCCCC3C2)CCO1. The van der Waals surface area contributed by atoms with E-state index in [2.05, 4.69) is 16.7 Å². The van der Waals surface area contributed by atoms with Gasteiger partial charge in [-0.2, -0.15) is 0 Å². The molecule has 0 bridgehead atoms. The highest BCUT2D eigenvalue weighted by Gasteiger charge is 2.43. The summed E-state index contributed by atoms with van der Waals surface area (Å²) in [4.78, 5) is 5.41. The predicted octanol–water partition coefficient (Wildman–Crippen LogP) is 1.05. The normalized spacial score (nSPS) is 42.0. The summed E-state index contributed by atoms with van der Waals surface area (Å²) in [5, 5.41) is 0. The molecule has 0 radical (unpaired) electrons. The van der Waals surface area contributed by atoms with Crippen LogP contribution in [-0.4, -0.2) is 66.8 Å². The Morgan fingerprint density at radius 3 is 2.95 bits per heavy atom. The second-order valence-electron chi connectivity index (χ2n) is 6.70. The molecule has 3 heterocycles. The van der Waals surface area contributed by atoms with E-state index in [1.807, 2.05) is 0 Å². The van der Waals surface area contributed by atoms with Crippen molar-refractivity contribution in [3.63, 3.8) is 0 Å². The van der Waals surface area contributed by atoms with E-state index in [0.29, 0.717) is 6.10 Å². The molecule has 0 saturated carbocycles. The van der Waals surface area contributed by atoms with Gasteiger partial charge in [0.1, 0.15) is 0 Å². The fraction of sp³-hybridized carbons (Fsp3) is 1.00. The smallest absolute Gasteiger partial charge is 0.0565 e. The highest BCUT2D eigenvalue weighted by molar-refractivity contribution is 4.99. The van der Waals surface area contributed by atoms with Gasteiger partial charge in [-0.1, -0.05) is 6.42 Å². The molecule has 19 heavy (non-hydrogen) atoms. The number of nitrogens with zero attached hydrogens (tertiary/aromatic N) is 2. The third-order valence-corrected chi connectivity index (χ3v) is 5.53. The van der Waals surface area contributed by atoms with E-state index in [-0.39, 0.29) is 5.54 Å². The Hall–Kier alpha value is -0.160. The zero-order valence-corrected chi connectivity index (χ0v) is 12.3. The minimum Gasteiger partial charge on any atom is -0.378 e. The van der Waals surface area contributed by atoms with Gasteiger partial charge in [-0.05, 0) is 39.2 Å². The molecule has 0 amide bonds. The molecule has 0 aromatic carbocycles. The van der Waals surface area contributed by atoms with E-state index in [9.17, 15) is 0 Å². The van der Waals surface area contributed by atoms with Crippen LogP contribution in [0.4, 0.5) is 0 Å². The number of piperidine rings is 1. The van der Waals surface area contributed by atoms with Crippen LogP contribution in [0, 0.1) is 0 Å². The summed E-state index contributed by atoms with van der Waals surface area (Å²) in [5.74, 6) is 0. The fourth-order valence-corrected chi connectivity index (χ4v) is 4.33. The number of piperazine rings is 1. The maximum absolute atomic E-state index is 6.19. The molecule has 2 N–H and O–H groups in total. The highest BCUT2D eigenvalue weighted by Crippen LogP contribution is 2.33. The average Bonchev–Trinajstić information content (AvgIpc) is 2.46. The van der Waals surface area contributed by atoms with Gasteiger partial charge < -0.3 is 10.5 Å². The molecule has 3 rings (SSSR count). The van der Waals surface area contributed by atoms with Gasteiger partial charge in [0.15, 0.2) is 0 Å². The molecule has 3 fully saturated rings. The molecule has 3 aliphatic rings. The Kier molecular flexibility index (Phi) is 4.13. The van der Waals surface area contributed by atoms with Crippen LogP contribution in [0.1, 0.15) is 39.0 Å². The molecule has 4 nitrogen and oxygen atoms in total. The van der Waals surface area contributed by atoms with Crippen LogP contribution < -0.4 is 5.73 Å². The molecule has 3 unspecified atom stereocenters. The first-order valence-electron chi connectivity index (χ1n) is 8.04. The number of nitrogens with two attached hydrogens (primary N) is 1. The lowest BCUT2D eigenvalue weighted by Crippen LogP contribution is -2.65. The number of hydrogen-bond acceptors (Lipinski definition) is 4. The maximum Gasteiger partial charge on any atom is 0.0565 e. The summed E-state index contributed by atoms with van der Waals surface area (Å²) in [7, 11) is 0. The van der Waals surface area contributed by atoms with E-state index in [0.717, 1.165) is 32.0 Å². The first-order chi connectivity index (χ1) is 9.23. The number of rotatable bonds is 2. The van der Waals surface area contributed by atoms with Crippen molar-refractivity contribution < 1.29 is 4.74 Å². The van der Waals surface area contributed by atoms with Crippen molar-refractivity contribution in [2.24, 2.45) is 5.73 Å². The fourth-order valence-electron chi connectivity index (χ4n) is 4.33. The van der Waals surface area contributed by atoms with Gasteiger partial charge in [-0.3, -0.25) is 9.80 Å². The number of ether oxygens (including phenoxy) is 1. The lowest BCUT2D eigenvalue weighted by atomic mass is 9.83. The standard InChI is InChI=1S/C15H29N3O/c1-13-10-15(12-16,5-9-19-13)18-8-7-17-6-3-2-4-14(17)11-18/h13-14H,2-12,16H2,1H3. The second kappa shape index (κ2) is 5.68. The van der Waals surface area contributed by atoms with E-state index < -0.39 is 0 Å². The van der Waals surface area contributed by atoms with Crippen LogP contribution in [0.15, 0.2) is 0 Å². The van der Waals surface area contributed by atoms with Crippen molar-refractivity contribution in [1.82, 2.24) is 9.80 Å². The minimum absolute atomic E-state index is 0.210. The maximum atomic E-state index is 6.19. The lowest BCUT2D eigenvalue weighted by Gasteiger charge is -2.53. The molecule has 0 aromatic heterocycles. The molecule has 3 atom stereocenters. The van der Waals surface area contributed by atoms with Crippen molar-refractivity contribution in [1.29, 1.82) is 0 Å². The third-order valence-electron chi connectivity index (χ3n) is 5.53. The summed E-state index contributed by atoms with van der Waals surface area (Å²) >= 11 is 0. The summed E-state index contributed by atoms with van der Waals surface area (Å²) in [6, 6.07) is 0.782. The monoisotopic (exact) mass is 267 g/mol. The zero-order valence-electron chi connectivity index (χ0n) is 12.3. The second-order valence-corrected chi connectivity index (χ2v) is 6.70. The van der Waals surface area contributed by atoms with Crippen LogP contribution in [0.3, 0.4) is 0 Å². The van der Waals surface area contributed by atoms with Crippen molar-refractivity contribution in [2.75, 3.05) is 39.3 Å². The molecular weight excluding hydrogens is 238 g/mol. The van der Waals surface area contributed by atoms with E-state index in [4.69, 9.17) is 10.5 Å². The number of hydrogen-bond donors (Lipinski definition) is 1. The van der Waals surface area contributed by atoms with Gasteiger partial charge in [0.25, 0.3) is 0 Å². The first-order valence-corrected chi connectivity index (χ1v) is 8.04. The summed E-state index contributed by atoms with van der Waals surface area (Å²) in [6.07, 6.45) is 6.76. The molecular formula is C15H29N3O. The minimum atomic E-state index is 0.210. The topological polar surface area (TPSA) is 41.7 Å². The molecule has 110 valence electrons. The lowest BCUT2D eigenvalue weighted by molar-refractivity contribution is -0.0881. The van der Waals surface area contributed by atoms with Gasteiger partial charge in [-0.15, -0.1) is 0 Å². The molecule has 4 heteroatoms. The molecule has 3 saturated heterocycles. The molecule has 3 aliphatic heterocycles. The first kappa shape index (κ1) is 13.8. The van der Waals surface area contributed by atoms with E-state index in [1.165, 1.54) is 45.4 Å². The molecule has 0 spiro atoms. The highest BCUT2D eigenvalue weighted by atomic mass is 16.5. The average molecular weight is 267 g/mol. The van der Waals surface area contributed by atoms with Gasteiger partial charge >= 0.3 is 0 Å². The van der Waals surface area contributed by atoms with Gasteiger partial charge in [0.05, 0.1) is 6.10 Å². The Bertz CT molecular complexity index is 312. The largest absolute Gasteiger partial charge is 0.378 e. The number of fused-ring (bicyclic) bond motifs is 1. The van der Waals surface area contributed by atoms with Gasteiger partial charge in [-0.25, -0.2) is 0 Å². The Morgan fingerprint density at radius 2 is 2.16 bits per heavy atom. The molecule has 0 aromatic rings. The Morgan fingerprint density at radius 1 is 1.26 bits per heavy atom. The molecule has 0 aliphatic carbocycles.